The molecule has 29 heavy (non-hydrogen) atoms. The van der Waals surface area contributed by atoms with Gasteiger partial charge in [-0.05, 0) is 41.1 Å². The van der Waals surface area contributed by atoms with E-state index >= 15 is 0 Å². The molecule has 0 radical (unpaired) electrons. The SMILES string of the molecule is N#CCSc1ccccc1NC(=O)CN1CCc2sccc2[C@@H]1c1ccccc1. The Kier molecular flexibility index (Phi) is 6.30. The van der Waals surface area contributed by atoms with Crippen molar-refractivity contribution in [1.29, 1.82) is 5.26 Å². The predicted molar refractivity (Wildman–Crippen MR) is 119 cm³/mol. The van der Waals surface area contributed by atoms with Crippen LogP contribution in [0.25, 0.3) is 0 Å². The molecule has 1 atom stereocenters. The zero-order valence-corrected chi connectivity index (χ0v) is 17.5. The van der Waals surface area contributed by atoms with Crippen molar-refractivity contribution in [3.8, 4) is 6.07 Å². The summed E-state index contributed by atoms with van der Waals surface area (Å²) < 4.78 is 0. The molecule has 0 spiro atoms. The van der Waals surface area contributed by atoms with Crippen molar-refractivity contribution in [3.63, 3.8) is 0 Å². The first-order valence-corrected chi connectivity index (χ1v) is 11.4. The Hall–Kier alpha value is -2.59. The maximum Gasteiger partial charge on any atom is 0.238 e. The predicted octanol–water partition coefficient (Wildman–Crippen LogP) is 4.95. The number of para-hydroxylation sites is 1. The van der Waals surface area contributed by atoms with Crippen LogP contribution in [0.4, 0.5) is 5.69 Å². The molecule has 0 aliphatic carbocycles. The average Bonchev–Trinajstić information content (AvgIpc) is 3.22. The Morgan fingerprint density at radius 2 is 1.97 bits per heavy atom. The zero-order chi connectivity index (χ0) is 20.1. The van der Waals surface area contributed by atoms with E-state index in [1.165, 1.54) is 27.8 Å². The lowest BCUT2D eigenvalue weighted by Gasteiger charge is -2.35. The molecule has 0 saturated heterocycles. The van der Waals surface area contributed by atoms with E-state index in [1.54, 1.807) is 11.3 Å². The fraction of sp³-hybridized carbons (Fsp3) is 0.217. The first-order chi connectivity index (χ1) is 14.3. The minimum Gasteiger partial charge on any atom is -0.324 e. The number of nitrogens with one attached hydrogen (secondary N) is 1. The molecular formula is C23H21N3OS2. The first kappa shape index (κ1) is 19.7. The minimum atomic E-state index is -0.0328. The zero-order valence-electron chi connectivity index (χ0n) is 15.9. The van der Waals surface area contributed by atoms with Gasteiger partial charge in [-0.3, -0.25) is 9.69 Å². The number of anilines is 1. The van der Waals surface area contributed by atoms with E-state index in [4.69, 9.17) is 5.26 Å². The fourth-order valence-electron chi connectivity index (χ4n) is 3.74. The van der Waals surface area contributed by atoms with Gasteiger partial charge >= 0.3 is 0 Å². The van der Waals surface area contributed by atoms with Gasteiger partial charge in [-0.15, -0.1) is 23.1 Å². The topological polar surface area (TPSA) is 56.1 Å². The number of carbonyl (C=O) groups excluding carboxylic acids is 1. The Balaban J connectivity index is 1.53. The van der Waals surface area contributed by atoms with Crippen LogP contribution < -0.4 is 5.32 Å². The molecule has 1 aromatic heterocycles. The van der Waals surface area contributed by atoms with Gasteiger partial charge in [0.05, 0.1) is 30.1 Å². The fourth-order valence-corrected chi connectivity index (χ4v) is 5.32. The Morgan fingerprint density at radius 1 is 1.17 bits per heavy atom. The van der Waals surface area contributed by atoms with Crippen molar-refractivity contribution in [2.24, 2.45) is 0 Å². The quantitative estimate of drug-likeness (QED) is 0.575. The van der Waals surface area contributed by atoms with E-state index in [2.05, 4.69) is 52.0 Å². The lowest BCUT2D eigenvalue weighted by Crippen LogP contribution is -2.40. The third-order valence-electron chi connectivity index (χ3n) is 4.98. The number of thiophene rings is 1. The highest BCUT2D eigenvalue weighted by Gasteiger charge is 2.30. The third kappa shape index (κ3) is 4.54. The third-order valence-corrected chi connectivity index (χ3v) is 6.92. The van der Waals surface area contributed by atoms with Gasteiger partial charge < -0.3 is 5.32 Å². The molecule has 0 fully saturated rings. The number of fused-ring (bicyclic) bond motifs is 1. The number of thioether (sulfide) groups is 1. The summed E-state index contributed by atoms with van der Waals surface area (Å²) in [6.07, 6.45) is 0.970. The molecule has 0 saturated carbocycles. The highest BCUT2D eigenvalue weighted by atomic mass is 32.2. The van der Waals surface area contributed by atoms with Crippen molar-refractivity contribution in [3.05, 3.63) is 82.0 Å². The summed E-state index contributed by atoms with van der Waals surface area (Å²) in [5, 5.41) is 14.0. The van der Waals surface area contributed by atoms with Crippen LogP contribution >= 0.6 is 23.1 Å². The molecule has 4 nitrogen and oxygen atoms in total. The number of rotatable bonds is 6. The van der Waals surface area contributed by atoms with E-state index in [0.29, 0.717) is 12.3 Å². The number of nitriles is 1. The molecule has 3 aromatic rings. The van der Waals surface area contributed by atoms with Gasteiger partial charge in [0.2, 0.25) is 5.91 Å². The lowest BCUT2D eigenvalue weighted by atomic mass is 9.93. The largest absolute Gasteiger partial charge is 0.324 e. The van der Waals surface area contributed by atoms with E-state index in [0.717, 1.165) is 23.5 Å². The number of hydrogen-bond acceptors (Lipinski definition) is 5. The van der Waals surface area contributed by atoms with Gasteiger partial charge in [0.25, 0.3) is 0 Å². The molecular weight excluding hydrogens is 398 g/mol. The van der Waals surface area contributed by atoms with Gasteiger partial charge in [-0.2, -0.15) is 5.26 Å². The highest BCUT2D eigenvalue weighted by molar-refractivity contribution is 7.99. The second kappa shape index (κ2) is 9.27. The molecule has 1 amide bonds. The second-order valence-electron chi connectivity index (χ2n) is 6.82. The summed E-state index contributed by atoms with van der Waals surface area (Å²) in [5.74, 6) is 0.324. The summed E-state index contributed by atoms with van der Waals surface area (Å²) in [6, 6.07) is 22.5. The van der Waals surface area contributed by atoms with Gasteiger partial charge in [0, 0.05) is 16.3 Å². The highest BCUT2D eigenvalue weighted by Crippen LogP contribution is 2.37. The molecule has 4 rings (SSSR count). The Morgan fingerprint density at radius 3 is 2.79 bits per heavy atom. The molecule has 1 aliphatic rings. The van der Waals surface area contributed by atoms with Crippen LogP contribution in [0.2, 0.25) is 0 Å². The van der Waals surface area contributed by atoms with Crippen molar-refractivity contribution in [2.75, 3.05) is 24.2 Å². The van der Waals surface area contributed by atoms with E-state index in [1.807, 2.05) is 30.3 Å². The molecule has 0 bridgehead atoms. The molecule has 2 heterocycles. The number of carbonyl (C=O) groups is 1. The normalized spacial score (nSPS) is 16.0. The maximum atomic E-state index is 12.9. The Labute approximate surface area is 179 Å². The van der Waals surface area contributed by atoms with Crippen molar-refractivity contribution < 1.29 is 4.79 Å². The second-order valence-corrected chi connectivity index (χ2v) is 8.84. The van der Waals surface area contributed by atoms with Crippen LogP contribution in [0.1, 0.15) is 22.0 Å². The summed E-state index contributed by atoms with van der Waals surface area (Å²) in [4.78, 5) is 17.5. The maximum absolute atomic E-state index is 12.9. The molecule has 146 valence electrons. The summed E-state index contributed by atoms with van der Waals surface area (Å²) in [5.41, 5.74) is 3.29. The standard InChI is InChI=1S/C23H21N3OS2/c24-12-15-29-21-9-5-4-8-19(21)25-22(27)16-26-13-10-20-18(11-14-28-20)23(26)17-6-2-1-3-7-17/h1-9,11,14,23H,10,13,15-16H2,(H,25,27)/t23-/m0/s1. The summed E-state index contributed by atoms with van der Waals surface area (Å²) in [7, 11) is 0. The van der Waals surface area contributed by atoms with Crippen molar-refractivity contribution >= 4 is 34.7 Å². The molecule has 0 unspecified atom stereocenters. The lowest BCUT2D eigenvalue weighted by molar-refractivity contribution is -0.117. The molecule has 1 aliphatic heterocycles. The van der Waals surface area contributed by atoms with Gasteiger partial charge in [0.1, 0.15) is 0 Å². The average molecular weight is 420 g/mol. The monoisotopic (exact) mass is 419 g/mol. The molecule has 2 aromatic carbocycles. The number of benzene rings is 2. The van der Waals surface area contributed by atoms with Crippen LogP contribution in [0.3, 0.4) is 0 Å². The smallest absolute Gasteiger partial charge is 0.238 e. The number of nitrogens with zero attached hydrogens (tertiary/aromatic N) is 2. The Bertz CT molecular complexity index is 1030. The molecule has 6 heteroatoms. The summed E-state index contributed by atoms with van der Waals surface area (Å²) >= 11 is 3.24. The number of amides is 1. The minimum absolute atomic E-state index is 0.0328. The summed E-state index contributed by atoms with van der Waals surface area (Å²) in [6.45, 7) is 1.18. The van der Waals surface area contributed by atoms with Crippen molar-refractivity contribution in [1.82, 2.24) is 4.90 Å². The van der Waals surface area contributed by atoms with E-state index in [9.17, 15) is 4.79 Å². The van der Waals surface area contributed by atoms with Crippen LogP contribution in [0, 0.1) is 11.3 Å². The molecule has 1 N–H and O–H groups in total. The van der Waals surface area contributed by atoms with Crippen LogP contribution in [0.5, 0.6) is 0 Å². The van der Waals surface area contributed by atoms with Crippen LogP contribution in [0.15, 0.2) is 70.9 Å². The van der Waals surface area contributed by atoms with Crippen molar-refractivity contribution in [2.45, 2.75) is 17.4 Å². The first-order valence-electron chi connectivity index (χ1n) is 9.50. The number of hydrogen-bond donors (Lipinski definition) is 1. The van der Waals surface area contributed by atoms with Gasteiger partial charge in [-0.25, -0.2) is 0 Å². The van der Waals surface area contributed by atoms with Gasteiger partial charge in [-0.1, -0.05) is 42.5 Å². The van der Waals surface area contributed by atoms with Gasteiger partial charge in [0.15, 0.2) is 0 Å². The van der Waals surface area contributed by atoms with E-state index < -0.39 is 0 Å². The van der Waals surface area contributed by atoms with E-state index in [-0.39, 0.29) is 11.9 Å². The van der Waals surface area contributed by atoms with Crippen LogP contribution in [-0.2, 0) is 11.2 Å². The van der Waals surface area contributed by atoms with Crippen LogP contribution in [-0.4, -0.2) is 29.6 Å².